The van der Waals surface area contributed by atoms with Crippen molar-refractivity contribution in [3.05, 3.63) is 57.7 Å². The van der Waals surface area contributed by atoms with Crippen molar-refractivity contribution in [3.63, 3.8) is 0 Å². The monoisotopic (exact) mass is 475 g/mol. The summed E-state index contributed by atoms with van der Waals surface area (Å²) >= 11 is 3.49. The molecule has 0 radical (unpaired) electrons. The fourth-order valence-electron chi connectivity index (χ4n) is 2.54. The normalized spacial score (nSPS) is 11.6. The highest BCUT2D eigenvalue weighted by Gasteiger charge is 2.31. The first kappa shape index (κ1) is 18.1. The predicted octanol–water partition coefficient (Wildman–Crippen LogP) is 6.45. The summed E-state index contributed by atoms with van der Waals surface area (Å²) < 4.78 is 40.0. The first-order chi connectivity index (χ1) is 11.8. The maximum atomic E-state index is 13.0. The van der Waals surface area contributed by atoms with E-state index in [2.05, 4.69) is 27.9 Å². The van der Waals surface area contributed by atoms with Crippen molar-refractivity contribution in [2.75, 3.05) is 12.4 Å². The van der Waals surface area contributed by atoms with Gasteiger partial charge in [-0.2, -0.15) is 13.2 Å². The highest BCUT2D eigenvalue weighted by atomic mass is 127. The maximum absolute atomic E-state index is 13.0. The van der Waals surface area contributed by atoms with Crippen LogP contribution in [-0.2, 0) is 6.18 Å². The van der Waals surface area contributed by atoms with E-state index in [9.17, 15) is 18.3 Å². The van der Waals surface area contributed by atoms with Crippen molar-refractivity contribution in [3.8, 4) is 27.3 Å². The molecule has 0 saturated heterocycles. The molecule has 0 aliphatic carbocycles. The predicted molar refractivity (Wildman–Crippen MR) is 104 cm³/mol. The van der Waals surface area contributed by atoms with Gasteiger partial charge in [-0.1, -0.05) is 24.3 Å². The number of alkyl halides is 3. The highest BCUT2D eigenvalue weighted by molar-refractivity contribution is 14.1. The zero-order chi connectivity index (χ0) is 18.2. The summed E-state index contributed by atoms with van der Waals surface area (Å²) in [5, 5.41) is 14.3. The lowest BCUT2D eigenvalue weighted by Gasteiger charge is -2.10. The molecule has 0 amide bonds. The molecule has 0 atom stereocenters. The Balaban J connectivity index is 2.18. The number of halogens is 4. The third-order valence-electron chi connectivity index (χ3n) is 3.68. The van der Waals surface area contributed by atoms with E-state index >= 15 is 0 Å². The van der Waals surface area contributed by atoms with Gasteiger partial charge in [-0.3, -0.25) is 0 Å². The third-order valence-corrected chi connectivity index (χ3v) is 5.59. The lowest BCUT2D eigenvalue weighted by molar-refractivity contribution is -0.137. The van der Waals surface area contributed by atoms with Crippen LogP contribution < -0.4 is 5.32 Å². The van der Waals surface area contributed by atoms with Gasteiger partial charge in [-0.05, 0) is 58.0 Å². The first-order valence-electron chi connectivity index (χ1n) is 7.28. The molecule has 3 rings (SSSR count). The topological polar surface area (TPSA) is 32.3 Å². The van der Waals surface area contributed by atoms with Crippen LogP contribution in [0.1, 0.15) is 5.56 Å². The molecule has 1 heterocycles. The van der Waals surface area contributed by atoms with Crippen molar-refractivity contribution in [1.29, 1.82) is 0 Å². The zero-order valence-electron chi connectivity index (χ0n) is 13.0. The lowest BCUT2D eigenvalue weighted by atomic mass is 10.0. The Morgan fingerprint density at radius 2 is 1.72 bits per heavy atom. The molecule has 0 fully saturated rings. The summed E-state index contributed by atoms with van der Waals surface area (Å²) in [5.41, 5.74) is 0.787. The standard InChI is InChI=1S/C18H13F3INOS/c1-23-17-14(10-4-2-6-12(8-10)18(19,20)21)15(24)16(25-17)11-5-3-7-13(22)9-11/h2-9,23-24H,1H3. The average molecular weight is 475 g/mol. The van der Waals surface area contributed by atoms with Gasteiger partial charge in [0.25, 0.3) is 0 Å². The van der Waals surface area contributed by atoms with Crippen LogP contribution in [0, 0.1) is 3.57 Å². The molecule has 1 aromatic heterocycles. The Morgan fingerprint density at radius 1 is 1.04 bits per heavy atom. The Morgan fingerprint density at radius 3 is 2.36 bits per heavy atom. The number of nitrogens with one attached hydrogen (secondary N) is 1. The number of hydrogen-bond donors (Lipinski definition) is 2. The van der Waals surface area contributed by atoms with Crippen molar-refractivity contribution < 1.29 is 18.3 Å². The number of thiophene rings is 1. The molecule has 0 saturated carbocycles. The van der Waals surface area contributed by atoms with Crippen LogP contribution >= 0.6 is 33.9 Å². The zero-order valence-corrected chi connectivity index (χ0v) is 16.0. The van der Waals surface area contributed by atoms with Crippen molar-refractivity contribution in [2.24, 2.45) is 0 Å². The second-order valence-corrected chi connectivity index (χ2v) is 7.59. The Labute approximate surface area is 160 Å². The number of benzene rings is 2. The van der Waals surface area contributed by atoms with Crippen molar-refractivity contribution in [2.45, 2.75) is 6.18 Å². The molecule has 3 aromatic rings. The van der Waals surface area contributed by atoms with E-state index in [1.807, 2.05) is 24.3 Å². The van der Waals surface area contributed by atoms with Gasteiger partial charge >= 0.3 is 6.18 Å². The van der Waals surface area contributed by atoms with Crippen molar-refractivity contribution in [1.82, 2.24) is 0 Å². The number of anilines is 1. The molecule has 2 aromatic carbocycles. The molecule has 0 bridgehead atoms. The minimum absolute atomic E-state index is 0.0179. The third kappa shape index (κ3) is 3.62. The van der Waals surface area contributed by atoms with Gasteiger partial charge in [0, 0.05) is 10.6 Å². The summed E-state index contributed by atoms with van der Waals surface area (Å²) in [6.45, 7) is 0. The summed E-state index contributed by atoms with van der Waals surface area (Å²) in [7, 11) is 1.68. The van der Waals surface area contributed by atoms with E-state index in [1.165, 1.54) is 17.4 Å². The van der Waals surface area contributed by atoms with Gasteiger partial charge in [0.05, 0.1) is 16.0 Å². The quantitative estimate of drug-likeness (QED) is 0.427. The summed E-state index contributed by atoms with van der Waals surface area (Å²) in [5.74, 6) is -0.0179. The van der Waals surface area contributed by atoms with Crippen LogP contribution in [0.15, 0.2) is 48.5 Å². The van der Waals surface area contributed by atoms with Gasteiger partial charge in [0.15, 0.2) is 0 Å². The molecular formula is C18H13F3INOS. The Bertz CT molecular complexity index is 921. The van der Waals surface area contributed by atoms with Gasteiger partial charge in [0.1, 0.15) is 10.8 Å². The molecular weight excluding hydrogens is 462 g/mol. The Hall–Kier alpha value is -1.74. The molecule has 2 N–H and O–H groups in total. The van der Waals surface area contributed by atoms with E-state index in [-0.39, 0.29) is 5.75 Å². The molecule has 130 valence electrons. The fraction of sp³-hybridized carbons (Fsp3) is 0.111. The summed E-state index contributed by atoms with van der Waals surface area (Å²) in [4.78, 5) is 0.621. The SMILES string of the molecule is CNc1sc(-c2cccc(I)c2)c(O)c1-c1cccc(C(F)(F)F)c1. The van der Waals surface area contributed by atoms with E-state index in [1.54, 1.807) is 13.1 Å². The molecule has 0 aliphatic rings. The van der Waals surface area contributed by atoms with Gasteiger partial charge < -0.3 is 10.4 Å². The first-order valence-corrected chi connectivity index (χ1v) is 9.18. The average Bonchev–Trinajstić information content (AvgIpc) is 2.91. The molecule has 7 heteroatoms. The largest absolute Gasteiger partial charge is 0.506 e. The van der Waals surface area contributed by atoms with Crippen LogP contribution in [0.2, 0.25) is 0 Å². The molecule has 0 unspecified atom stereocenters. The minimum Gasteiger partial charge on any atom is -0.506 e. The Kier molecular flexibility index (Phi) is 4.97. The maximum Gasteiger partial charge on any atom is 0.416 e. The molecule has 2 nitrogen and oxygen atoms in total. The van der Waals surface area contributed by atoms with Crippen LogP contribution in [0.4, 0.5) is 18.2 Å². The number of hydrogen-bond acceptors (Lipinski definition) is 3. The van der Waals surface area contributed by atoms with Crippen LogP contribution in [0.5, 0.6) is 5.75 Å². The van der Waals surface area contributed by atoms with Crippen LogP contribution in [0.3, 0.4) is 0 Å². The molecule has 25 heavy (non-hydrogen) atoms. The lowest BCUT2D eigenvalue weighted by Crippen LogP contribution is -2.04. The van der Waals surface area contributed by atoms with E-state index < -0.39 is 11.7 Å². The molecule has 0 aliphatic heterocycles. The second kappa shape index (κ2) is 6.87. The second-order valence-electron chi connectivity index (χ2n) is 5.32. The van der Waals surface area contributed by atoms with E-state index in [4.69, 9.17) is 0 Å². The fourth-order valence-corrected chi connectivity index (χ4v) is 4.15. The summed E-state index contributed by atoms with van der Waals surface area (Å²) in [6.07, 6.45) is -4.43. The summed E-state index contributed by atoms with van der Waals surface area (Å²) in [6, 6.07) is 12.6. The van der Waals surface area contributed by atoms with E-state index in [0.29, 0.717) is 21.0 Å². The number of rotatable bonds is 3. The van der Waals surface area contributed by atoms with Gasteiger partial charge in [-0.25, -0.2) is 0 Å². The van der Waals surface area contributed by atoms with Gasteiger partial charge in [0.2, 0.25) is 0 Å². The molecule has 0 spiro atoms. The van der Waals surface area contributed by atoms with Crippen molar-refractivity contribution >= 4 is 38.9 Å². The van der Waals surface area contributed by atoms with Crippen LogP contribution in [-0.4, -0.2) is 12.2 Å². The van der Waals surface area contributed by atoms with E-state index in [0.717, 1.165) is 21.3 Å². The van der Waals surface area contributed by atoms with Crippen LogP contribution in [0.25, 0.3) is 21.6 Å². The smallest absolute Gasteiger partial charge is 0.416 e. The highest BCUT2D eigenvalue weighted by Crippen LogP contribution is 2.50. The van der Waals surface area contributed by atoms with Gasteiger partial charge in [-0.15, -0.1) is 11.3 Å². The number of aromatic hydroxyl groups is 1. The minimum atomic E-state index is -4.43.